The topological polar surface area (TPSA) is 26.0 Å². The van der Waals surface area contributed by atoms with Gasteiger partial charge in [0, 0.05) is 3.57 Å². The van der Waals surface area contributed by atoms with Gasteiger partial charge >= 0.3 is 0 Å². The fourth-order valence-corrected chi connectivity index (χ4v) is 1.73. The zero-order valence-corrected chi connectivity index (χ0v) is 9.28. The summed E-state index contributed by atoms with van der Waals surface area (Å²) in [4.78, 5) is 4.18. The van der Waals surface area contributed by atoms with Gasteiger partial charge in [0.25, 0.3) is 0 Å². The molecular weight excluding hydrogens is 277 g/mol. The van der Waals surface area contributed by atoms with Crippen molar-refractivity contribution in [2.24, 2.45) is 0 Å². The maximum absolute atomic E-state index is 5.43. The third kappa shape index (κ3) is 1.75. The van der Waals surface area contributed by atoms with Crippen LogP contribution in [0.1, 0.15) is 5.76 Å². The maximum atomic E-state index is 5.43. The number of aryl methyl sites for hydroxylation is 1. The maximum Gasteiger partial charge on any atom is 0.227 e. The number of nitrogens with zero attached hydrogens (tertiary/aromatic N) is 1. The second kappa shape index (κ2) is 3.49. The summed E-state index contributed by atoms with van der Waals surface area (Å²) >= 11 is 2.27. The first-order chi connectivity index (χ1) is 6.27. The molecule has 3 heteroatoms. The highest BCUT2D eigenvalue weighted by Crippen LogP contribution is 2.23. The Morgan fingerprint density at radius 3 is 2.69 bits per heavy atom. The summed E-state index contributed by atoms with van der Waals surface area (Å²) in [6.45, 7) is 1.90. The lowest BCUT2D eigenvalue weighted by molar-refractivity contribution is 0.542. The Labute approximate surface area is 90.1 Å². The van der Waals surface area contributed by atoms with E-state index in [1.54, 1.807) is 6.20 Å². The minimum Gasteiger partial charge on any atom is -0.441 e. The van der Waals surface area contributed by atoms with Gasteiger partial charge in [-0.1, -0.05) is 12.1 Å². The number of hydrogen-bond acceptors (Lipinski definition) is 2. The molecule has 0 N–H and O–H groups in total. The molecule has 0 saturated carbocycles. The number of aromatic nitrogens is 1. The van der Waals surface area contributed by atoms with Crippen molar-refractivity contribution >= 4 is 22.6 Å². The van der Waals surface area contributed by atoms with Gasteiger partial charge < -0.3 is 4.42 Å². The average molecular weight is 285 g/mol. The second-order valence-corrected chi connectivity index (χ2v) is 3.92. The van der Waals surface area contributed by atoms with Crippen molar-refractivity contribution in [1.82, 2.24) is 4.98 Å². The molecule has 0 saturated heterocycles. The molecule has 1 aromatic heterocycles. The lowest BCUT2D eigenvalue weighted by Crippen LogP contribution is -1.80. The number of rotatable bonds is 1. The van der Waals surface area contributed by atoms with Crippen LogP contribution in [-0.4, -0.2) is 4.98 Å². The van der Waals surface area contributed by atoms with Crippen LogP contribution in [0.4, 0.5) is 0 Å². The van der Waals surface area contributed by atoms with Crippen LogP contribution in [0.15, 0.2) is 34.9 Å². The van der Waals surface area contributed by atoms with Gasteiger partial charge in [0.1, 0.15) is 5.76 Å². The Balaban J connectivity index is 2.52. The Morgan fingerprint density at radius 1 is 1.31 bits per heavy atom. The van der Waals surface area contributed by atoms with Gasteiger partial charge in [0.2, 0.25) is 5.89 Å². The summed E-state index contributed by atoms with van der Waals surface area (Å²) in [6, 6.07) is 8.03. The quantitative estimate of drug-likeness (QED) is 0.752. The molecule has 0 spiro atoms. The molecule has 0 aliphatic carbocycles. The number of hydrogen-bond donors (Lipinski definition) is 0. The first-order valence-electron chi connectivity index (χ1n) is 3.95. The average Bonchev–Trinajstić information content (AvgIpc) is 2.53. The van der Waals surface area contributed by atoms with Gasteiger partial charge in [-0.15, -0.1) is 0 Å². The molecular formula is C10H8INO. The van der Waals surface area contributed by atoms with Crippen LogP contribution in [0.25, 0.3) is 11.5 Å². The molecule has 0 bridgehead atoms. The molecule has 1 aromatic carbocycles. The van der Waals surface area contributed by atoms with Crippen molar-refractivity contribution in [3.05, 3.63) is 39.8 Å². The Hall–Kier alpha value is -0.840. The fraction of sp³-hybridized carbons (Fsp3) is 0.100. The van der Waals surface area contributed by atoms with Crippen LogP contribution >= 0.6 is 22.6 Å². The van der Waals surface area contributed by atoms with Gasteiger partial charge in [-0.25, -0.2) is 4.98 Å². The van der Waals surface area contributed by atoms with Crippen molar-refractivity contribution in [3.63, 3.8) is 0 Å². The highest BCUT2D eigenvalue weighted by molar-refractivity contribution is 14.1. The summed E-state index contributed by atoms with van der Waals surface area (Å²) in [5, 5.41) is 0. The van der Waals surface area contributed by atoms with Crippen LogP contribution in [0.3, 0.4) is 0 Å². The van der Waals surface area contributed by atoms with E-state index in [1.165, 1.54) is 0 Å². The van der Waals surface area contributed by atoms with Crippen LogP contribution in [-0.2, 0) is 0 Å². The molecule has 0 aliphatic heterocycles. The highest BCUT2D eigenvalue weighted by atomic mass is 127. The van der Waals surface area contributed by atoms with E-state index in [0.29, 0.717) is 5.89 Å². The van der Waals surface area contributed by atoms with E-state index in [0.717, 1.165) is 14.9 Å². The highest BCUT2D eigenvalue weighted by Gasteiger charge is 2.06. The zero-order chi connectivity index (χ0) is 9.26. The van der Waals surface area contributed by atoms with Crippen LogP contribution in [0, 0.1) is 10.5 Å². The van der Waals surface area contributed by atoms with Gasteiger partial charge in [-0.2, -0.15) is 0 Å². The third-order valence-electron chi connectivity index (χ3n) is 1.73. The predicted molar refractivity (Wildman–Crippen MR) is 59.4 cm³/mol. The molecule has 1 heterocycles. The van der Waals surface area contributed by atoms with E-state index in [2.05, 4.69) is 27.6 Å². The Morgan fingerprint density at radius 2 is 2.08 bits per heavy atom. The van der Waals surface area contributed by atoms with Gasteiger partial charge in [0.15, 0.2) is 0 Å². The zero-order valence-electron chi connectivity index (χ0n) is 7.12. The Kier molecular flexibility index (Phi) is 2.35. The minimum absolute atomic E-state index is 0.697. The van der Waals surface area contributed by atoms with E-state index in [-0.39, 0.29) is 0 Å². The number of halogens is 1. The smallest absolute Gasteiger partial charge is 0.227 e. The van der Waals surface area contributed by atoms with Crippen molar-refractivity contribution in [2.45, 2.75) is 6.92 Å². The van der Waals surface area contributed by atoms with Gasteiger partial charge in [-0.3, -0.25) is 0 Å². The van der Waals surface area contributed by atoms with Crippen molar-refractivity contribution < 1.29 is 4.42 Å². The molecule has 2 nitrogen and oxygen atoms in total. The molecule has 0 radical (unpaired) electrons. The van der Waals surface area contributed by atoms with Crippen molar-refractivity contribution in [3.8, 4) is 11.5 Å². The summed E-state index contributed by atoms with van der Waals surface area (Å²) in [5.41, 5.74) is 1.05. The minimum atomic E-state index is 0.697. The lowest BCUT2D eigenvalue weighted by atomic mass is 10.2. The van der Waals surface area contributed by atoms with Crippen LogP contribution in [0.5, 0.6) is 0 Å². The van der Waals surface area contributed by atoms with Crippen LogP contribution in [0.2, 0.25) is 0 Å². The second-order valence-electron chi connectivity index (χ2n) is 2.76. The predicted octanol–water partition coefficient (Wildman–Crippen LogP) is 3.25. The SMILES string of the molecule is Cc1cnc(-c2ccccc2I)o1. The summed E-state index contributed by atoms with van der Waals surface area (Å²) in [7, 11) is 0. The normalized spacial score (nSPS) is 10.3. The van der Waals surface area contributed by atoms with E-state index < -0.39 is 0 Å². The molecule has 2 aromatic rings. The van der Waals surface area contributed by atoms with Crippen molar-refractivity contribution in [2.75, 3.05) is 0 Å². The van der Waals surface area contributed by atoms with Crippen LogP contribution < -0.4 is 0 Å². The standard InChI is InChI=1S/C10H8INO/c1-7-6-12-10(13-7)8-4-2-3-5-9(8)11/h2-6H,1H3. The van der Waals surface area contributed by atoms with E-state index >= 15 is 0 Å². The Bertz CT molecular complexity index is 422. The summed E-state index contributed by atoms with van der Waals surface area (Å²) in [6.07, 6.45) is 1.73. The number of benzene rings is 1. The molecule has 66 valence electrons. The van der Waals surface area contributed by atoms with E-state index in [4.69, 9.17) is 4.42 Å². The molecule has 0 atom stereocenters. The fourth-order valence-electron chi connectivity index (χ4n) is 1.11. The van der Waals surface area contributed by atoms with E-state index in [1.807, 2.05) is 31.2 Å². The molecule has 2 rings (SSSR count). The summed E-state index contributed by atoms with van der Waals surface area (Å²) in [5.74, 6) is 1.54. The molecule has 0 aliphatic rings. The lowest BCUT2D eigenvalue weighted by Gasteiger charge is -1.97. The van der Waals surface area contributed by atoms with Gasteiger partial charge in [-0.05, 0) is 41.6 Å². The molecule has 0 unspecified atom stereocenters. The van der Waals surface area contributed by atoms with Gasteiger partial charge in [0.05, 0.1) is 11.8 Å². The third-order valence-corrected chi connectivity index (χ3v) is 2.67. The monoisotopic (exact) mass is 285 g/mol. The first kappa shape index (κ1) is 8.74. The van der Waals surface area contributed by atoms with E-state index in [9.17, 15) is 0 Å². The number of oxazole rings is 1. The molecule has 0 amide bonds. The molecule has 13 heavy (non-hydrogen) atoms. The summed E-state index contributed by atoms with van der Waals surface area (Å²) < 4.78 is 6.59. The largest absolute Gasteiger partial charge is 0.441 e. The van der Waals surface area contributed by atoms with Crippen molar-refractivity contribution in [1.29, 1.82) is 0 Å². The first-order valence-corrected chi connectivity index (χ1v) is 5.02. The molecule has 0 fully saturated rings.